The molecule has 2 N–H and O–H groups in total. The molecule has 2 amide bonds. The highest BCUT2D eigenvalue weighted by Gasteiger charge is 2.33. The highest BCUT2D eigenvalue weighted by Crippen LogP contribution is 2.33. The molecule has 1 aromatic heterocycles. The number of aromatic nitrogens is 1. The summed E-state index contributed by atoms with van der Waals surface area (Å²) in [6, 6.07) is 8.18. The van der Waals surface area contributed by atoms with Crippen molar-refractivity contribution in [1.82, 2.24) is 9.47 Å². The van der Waals surface area contributed by atoms with Gasteiger partial charge in [-0.2, -0.15) is 0 Å². The summed E-state index contributed by atoms with van der Waals surface area (Å²) in [7, 11) is -3.75. The van der Waals surface area contributed by atoms with E-state index in [1.54, 1.807) is 25.1 Å². The number of amides is 2. The number of nitrogens with zero attached hydrogens (tertiary/aromatic N) is 2. The number of carbonyl (C=O) groups is 2. The number of hydrogen-bond acceptors (Lipinski definition) is 5. The molecule has 1 saturated heterocycles. The summed E-state index contributed by atoms with van der Waals surface area (Å²) < 4.78 is 24.8. The van der Waals surface area contributed by atoms with Crippen molar-refractivity contribution in [2.24, 2.45) is 5.14 Å². The highest BCUT2D eigenvalue weighted by atomic mass is 32.2. The third kappa shape index (κ3) is 3.58. The molecule has 3 rings (SSSR count). The molecule has 1 aromatic carbocycles. The first-order valence-corrected chi connectivity index (χ1v) is 10.6. The van der Waals surface area contributed by atoms with Gasteiger partial charge in [-0.25, -0.2) is 13.6 Å². The maximum Gasteiger partial charge on any atom is 0.293 e. The van der Waals surface area contributed by atoms with Gasteiger partial charge in [-0.05, 0) is 74.5 Å². The van der Waals surface area contributed by atoms with Gasteiger partial charge in [0.15, 0.2) is 0 Å². The molecular weight excluding hydrogens is 386 g/mol. The Morgan fingerprint density at radius 1 is 1.15 bits per heavy atom. The zero-order valence-corrected chi connectivity index (χ0v) is 16.7. The summed E-state index contributed by atoms with van der Waals surface area (Å²) in [5, 5.41) is 4.88. The van der Waals surface area contributed by atoms with Crippen molar-refractivity contribution in [3.05, 3.63) is 52.2 Å². The summed E-state index contributed by atoms with van der Waals surface area (Å²) in [6.45, 7) is 5.92. The fourth-order valence-corrected chi connectivity index (χ4v) is 4.44. The van der Waals surface area contributed by atoms with Crippen molar-refractivity contribution in [3.8, 4) is 5.69 Å². The summed E-state index contributed by atoms with van der Waals surface area (Å²) in [4.78, 5) is 25.8. The third-order valence-electron chi connectivity index (χ3n) is 4.37. The van der Waals surface area contributed by atoms with Crippen LogP contribution in [0.25, 0.3) is 11.8 Å². The first-order chi connectivity index (χ1) is 12.6. The molecule has 2 heterocycles. The lowest BCUT2D eigenvalue weighted by Gasteiger charge is -2.10. The summed E-state index contributed by atoms with van der Waals surface area (Å²) in [6.07, 6.45) is 1.72. The Morgan fingerprint density at radius 2 is 1.78 bits per heavy atom. The molecule has 0 unspecified atom stereocenters. The molecule has 9 heteroatoms. The Labute approximate surface area is 161 Å². The number of sulfonamides is 1. The number of hydrogen-bond donors (Lipinski definition) is 1. The maximum atomic E-state index is 12.3. The summed E-state index contributed by atoms with van der Waals surface area (Å²) in [5.74, 6) is -0.283. The molecule has 0 atom stereocenters. The first kappa shape index (κ1) is 19.4. The van der Waals surface area contributed by atoms with Gasteiger partial charge >= 0.3 is 0 Å². The molecule has 1 aliphatic rings. The standard InChI is InChI=1S/C18H19N3O4S2/c1-4-20-17(22)16(26-18(20)23)10-13-9-11(2)21(12(13)3)14-5-7-15(8-6-14)27(19,24)25/h5-10H,4H2,1-3H3,(H2,19,24,25)/b16-10+. The van der Waals surface area contributed by atoms with E-state index >= 15 is 0 Å². The van der Waals surface area contributed by atoms with Crippen molar-refractivity contribution in [3.63, 3.8) is 0 Å². The van der Waals surface area contributed by atoms with Gasteiger partial charge in [0, 0.05) is 23.6 Å². The van der Waals surface area contributed by atoms with E-state index < -0.39 is 10.0 Å². The second-order valence-electron chi connectivity index (χ2n) is 6.13. The first-order valence-electron chi connectivity index (χ1n) is 8.21. The van der Waals surface area contributed by atoms with E-state index in [1.165, 1.54) is 17.0 Å². The Bertz CT molecular complexity index is 1070. The van der Waals surface area contributed by atoms with Crippen molar-refractivity contribution in [1.29, 1.82) is 0 Å². The van der Waals surface area contributed by atoms with Crippen LogP contribution in [0.15, 0.2) is 40.1 Å². The number of aryl methyl sites for hydroxylation is 1. The number of nitrogens with two attached hydrogens (primary N) is 1. The largest absolute Gasteiger partial charge is 0.318 e. The van der Waals surface area contributed by atoms with Crippen LogP contribution in [0.1, 0.15) is 23.9 Å². The molecule has 0 saturated carbocycles. The summed E-state index contributed by atoms with van der Waals surface area (Å²) in [5.41, 5.74) is 3.39. The van der Waals surface area contributed by atoms with Crippen molar-refractivity contribution in [2.75, 3.05) is 6.54 Å². The van der Waals surface area contributed by atoms with E-state index in [9.17, 15) is 18.0 Å². The van der Waals surface area contributed by atoms with E-state index in [2.05, 4.69) is 0 Å². The van der Waals surface area contributed by atoms with E-state index in [1.807, 2.05) is 24.5 Å². The Kier molecular flexibility index (Phi) is 5.02. The van der Waals surface area contributed by atoms with E-state index in [-0.39, 0.29) is 16.0 Å². The zero-order valence-electron chi connectivity index (χ0n) is 15.1. The van der Waals surface area contributed by atoms with Gasteiger partial charge in [0.05, 0.1) is 9.80 Å². The lowest BCUT2D eigenvalue weighted by atomic mass is 10.2. The minimum absolute atomic E-state index is 0.0437. The molecule has 142 valence electrons. The van der Waals surface area contributed by atoms with Gasteiger partial charge in [0.25, 0.3) is 11.1 Å². The number of imide groups is 1. The fourth-order valence-electron chi connectivity index (χ4n) is 3.03. The number of thioether (sulfide) groups is 1. The number of primary sulfonamides is 1. The van der Waals surface area contributed by atoms with Crippen molar-refractivity contribution >= 4 is 39.0 Å². The minimum Gasteiger partial charge on any atom is -0.318 e. The van der Waals surface area contributed by atoms with Gasteiger partial charge in [0.1, 0.15) is 0 Å². The van der Waals surface area contributed by atoms with Gasteiger partial charge in [-0.1, -0.05) is 0 Å². The third-order valence-corrected chi connectivity index (χ3v) is 6.21. The molecule has 0 radical (unpaired) electrons. The SMILES string of the molecule is CCN1C(=O)S/C(=C/c2cc(C)n(-c3ccc(S(N)(=O)=O)cc3)c2C)C1=O. The molecule has 27 heavy (non-hydrogen) atoms. The van der Waals surface area contributed by atoms with Crippen LogP contribution < -0.4 is 5.14 Å². The lowest BCUT2D eigenvalue weighted by Crippen LogP contribution is -2.27. The van der Waals surface area contributed by atoms with Crippen LogP contribution >= 0.6 is 11.8 Å². The van der Waals surface area contributed by atoms with Crippen LogP contribution in [0.4, 0.5) is 4.79 Å². The molecule has 0 aliphatic carbocycles. The Hall–Kier alpha value is -2.36. The van der Waals surface area contributed by atoms with Crippen molar-refractivity contribution in [2.45, 2.75) is 25.7 Å². The zero-order chi connectivity index (χ0) is 19.9. The second-order valence-corrected chi connectivity index (χ2v) is 8.68. The van der Waals surface area contributed by atoms with Gasteiger partial charge in [-0.3, -0.25) is 14.5 Å². The fraction of sp³-hybridized carbons (Fsp3) is 0.222. The molecule has 0 bridgehead atoms. The van der Waals surface area contributed by atoms with Crippen molar-refractivity contribution < 1.29 is 18.0 Å². The van der Waals surface area contributed by atoms with Gasteiger partial charge < -0.3 is 4.57 Å². The van der Waals surface area contributed by atoms with E-state index in [0.29, 0.717) is 11.4 Å². The number of rotatable bonds is 4. The van der Waals surface area contributed by atoms with Crippen LogP contribution in [-0.2, 0) is 14.8 Å². The van der Waals surface area contributed by atoms with Crippen LogP contribution in [0.3, 0.4) is 0 Å². The topological polar surface area (TPSA) is 102 Å². The molecular formula is C18H19N3O4S2. The maximum absolute atomic E-state index is 12.3. The smallest absolute Gasteiger partial charge is 0.293 e. The second kappa shape index (κ2) is 6.99. The van der Waals surface area contributed by atoms with E-state index in [4.69, 9.17) is 5.14 Å². The average Bonchev–Trinajstić information content (AvgIpc) is 3.02. The van der Waals surface area contributed by atoms with Crippen LogP contribution in [0.2, 0.25) is 0 Å². The Balaban J connectivity index is 2.00. The predicted octanol–water partition coefficient (Wildman–Crippen LogP) is 2.80. The number of carbonyl (C=O) groups excluding carboxylic acids is 2. The summed E-state index contributed by atoms with van der Waals surface area (Å²) >= 11 is 0.934. The van der Waals surface area contributed by atoms with Crippen LogP contribution in [-0.4, -0.2) is 35.6 Å². The molecule has 1 fully saturated rings. The number of likely N-dealkylation sites (N-methyl/N-ethyl adjacent to an activating group) is 1. The van der Waals surface area contributed by atoms with Gasteiger partial charge in [-0.15, -0.1) is 0 Å². The highest BCUT2D eigenvalue weighted by molar-refractivity contribution is 8.18. The molecule has 2 aromatic rings. The van der Waals surface area contributed by atoms with E-state index in [0.717, 1.165) is 34.4 Å². The monoisotopic (exact) mass is 405 g/mol. The quantitative estimate of drug-likeness (QED) is 0.788. The average molecular weight is 406 g/mol. The molecule has 1 aliphatic heterocycles. The minimum atomic E-state index is -3.75. The predicted molar refractivity (Wildman–Crippen MR) is 105 cm³/mol. The normalized spacial score (nSPS) is 16.6. The van der Waals surface area contributed by atoms with Gasteiger partial charge in [0.2, 0.25) is 10.0 Å². The Morgan fingerprint density at radius 3 is 2.30 bits per heavy atom. The van der Waals surface area contributed by atoms with Crippen LogP contribution in [0.5, 0.6) is 0 Å². The van der Waals surface area contributed by atoms with Crippen LogP contribution in [0, 0.1) is 13.8 Å². The molecule has 0 spiro atoms. The lowest BCUT2D eigenvalue weighted by molar-refractivity contribution is -0.122. The molecule has 7 nitrogen and oxygen atoms in total. The number of benzene rings is 1.